The molecule has 0 aromatic carbocycles. The van der Waals surface area contributed by atoms with E-state index < -0.39 is 0 Å². The van der Waals surface area contributed by atoms with Gasteiger partial charge in [-0.3, -0.25) is 14.5 Å². The number of hydrogen-bond acceptors (Lipinski definition) is 6. The van der Waals surface area contributed by atoms with Crippen molar-refractivity contribution in [2.45, 2.75) is 56.9 Å². The van der Waals surface area contributed by atoms with E-state index in [4.69, 9.17) is 9.57 Å². The van der Waals surface area contributed by atoms with Crippen LogP contribution in [0.4, 0.5) is 0 Å². The topological polar surface area (TPSA) is 54.9 Å². The van der Waals surface area contributed by atoms with Gasteiger partial charge in [-0.05, 0) is 32.1 Å². The maximum atomic E-state index is 12.5. The monoisotopic (exact) mass is 337 g/mol. The maximum absolute atomic E-state index is 12.5. The Morgan fingerprint density at radius 3 is 3.04 bits per heavy atom. The summed E-state index contributed by atoms with van der Waals surface area (Å²) in [6.45, 7) is 3.27. The molecule has 0 aliphatic carbocycles. The molecule has 23 heavy (non-hydrogen) atoms. The Balaban J connectivity index is 1.34. The second-order valence-electron chi connectivity index (χ2n) is 6.47. The van der Waals surface area contributed by atoms with Gasteiger partial charge in [0.2, 0.25) is 0 Å². The van der Waals surface area contributed by atoms with E-state index in [1.54, 1.807) is 11.3 Å². The Labute approximate surface area is 140 Å². The highest BCUT2D eigenvalue weighted by Gasteiger charge is 2.43. The molecule has 0 N–H and O–H groups in total. The van der Waals surface area contributed by atoms with Crippen molar-refractivity contribution in [3.8, 4) is 0 Å². The lowest BCUT2D eigenvalue weighted by Crippen LogP contribution is -2.49. The molecule has 0 unspecified atom stereocenters. The Morgan fingerprint density at radius 2 is 2.26 bits per heavy atom. The molecular weight excluding hydrogens is 314 g/mol. The molecule has 0 radical (unpaired) electrons. The van der Waals surface area contributed by atoms with E-state index in [1.807, 2.05) is 11.6 Å². The van der Waals surface area contributed by atoms with Gasteiger partial charge in [-0.15, -0.1) is 11.3 Å². The molecule has 3 fully saturated rings. The number of amides is 1. The largest absolute Gasteiger partial charge is 0.363 e. The van der Waals surface area contributed by atoms with Crippen molar-refractivity contribution in [2.75, 3.05) is 19.7 Å². The van der Waals surface area contributed by atoms with Gasteiger partial charge in [0.05, 0.1) is 19.3 Å². The molecule has 3 aliphatic rings. The number of aromatic nitrogens is 1. The van der Waals surface area contributed by atoms with Gasteiger partial charge in [-0.1, -0.05) is 0 Å². The van der Waals surface area contributed by atoms with Crippen molar-refractivity contribution in [2.24, 2.45) is 0 Å². The fraction of sp³-hybridized carbons (Fsp3) is 0.750. The van der Waals surface area contributed by atoms with Crippen LogP contribution in [-0.2, 0) is 20.9 Å². The van der Waals surface area contributed by atoms with E-state index in [9.17, 15) is 4.79 Å². The summed E-state index contributed by atoms with van der Waals surface area (Å²) in [6.07, 6.45) is 6.56. The highest BCUT2D eigenvalue weighted by molar-refractivity contribution is 7.09. The normalized spacial score (nSPS) is 32.0. The Bertz CT molecular complexity index is 533. The summed E-state index contributed by atoms with van der Waals surface area (Å²) in [5.74, 6) is 0.0153. The summed E-state index contributed by atoms with van der Waals surface area (Å²) in [5.41, 5.74) is 0. The van der Waals surface area contributed by atoms with E-state index in [1.165, 1.54) is 5.06 Å². The van der Waals surface area contributed by atoms with Gasteiger partial charge in [0, 0.05) is 30.7 Å². The van der Waals surface area contributed by atoms with Crippen LogP contribution in [0.3, 0.4) is 0 Å². The molecule has 3 saturated heterocycles. The van der Waals surface area contributed by atoms with E-state index in [-0.39, 0.29) is 18.1 Å². The predicted molar refractivity (Wildman–Crippen MR) is 85.7 cm³/mol. The standard InChI is InChI=1S/C16H23N3O3S/c20-16(19-7-1-2-9-21-19)14-4-3-12-13(22-14)5-8-18(12)11-15-17-6-10-23-15/h6,10,12-14H,1-5,7-9,11H2/t12-,13-,14-/m1/s1. The fourth-order valence-corrected chi connectivity index (χ4v) is 4.47. The summed E-state index contributed by atoms with van der Waals surface area (Å²) in [5, 5.41) is 4.70. The van der Waals surface area contributed by atoms with Crippen LogP contribution in [0.25, 0.3) is 0 Å². The van der Waals surface area contributed by atoms with Gasteiger partial charge < -0.3 is 4.74 Å². The first-order chi connectivity index (χ1) is 11.3. The number of nitrogens with zero attached hydrogens (tertiary/aromatic N) is 3. The van der Waals surface area contributed by atoms with Crippen LogP contribution in [0.2, 0.25) is 0 Å². The molecule has 0 saturated carbocycles. The predicted octanol–water partition coefficient (Wildman–Crippen LogP) is 1.82. The Kier molecular flexibility index (Phi) is 4.61. The number of rotatable bonds is 3. The first kappa shape index (κ1) is 15.5. The number of hydrogen-bond donors (Lipinski definition) is 0. The van der Waals surface area contributed by atoms with Crippen LogP contribution in [0.5, 0.6) is 0 Å². The minimum absolute atomic E-state index is 0.0153. The molecule has 7 heteroatoms. The number of fused-ring (bicyclic) bond motifs is 1. The van der Waals surface area contributed by atoms with Gasteiger partial charge in [0.1, 0.15) is 11.1 Å². The summed E-state index contributed by atoms with van der Waals surface area (Å²) >= 11 is 1.70. The van der Waals surface area contributed by atoms with Gasteiger partial charge in [-0.2, -0.15) is 0 Å². The molecule has 1 aromatic heterocycles. The zero-order valence-corrected chi connectivity index (χ0v) is 14.0. The lowest BCUT2D eigenvalue weighted by Gasteiger charge is -2.37. The van der Waals surface area contributed by atoms with Crippen LogP contribution in [0.15, 0.2) is 11.6 Å². The molecule has 6 nitrogen and oxygen atoms in total. The summed E-state index contributed by atoms with van der Waals surface area (Å²) in [4.78, 5) is 24.9. The van der Waals surface area contributed by atoms with E-state index in [2.05, 4.69) is 9.88 Å². The number of carbonyl (C=O) groups is 1. The molecule has 0 bridgehead atoms. The third-order valence-corrected chi connectivity index (χ3v) is 5.77. The van der Waals surface area contributed by atoms with Crippen LogP contribution in [0.1, 0.15) is 37.1 Å². The first-order valence-corrected chi connectivity index (χ1v) is 9.41. The van der Waals surface area contributed by atoms with Gasteiger partial charge >= 0.3 is 0 Å². The van der Waals surface area contributed by atoms with E-state index in [0.29, 0.717) is 19.2 Å². The zero-order valence-electron chi connectivity index (χ0n) is 13.2. The SMILES string of the molecule is O=C([C@H]1CC[C@@H]2[C@@H](CCN2Cc2nccs2)O1)N1CCCCO1. The van der Waals surface area contributed by atoms with Gasteiger partial charge in [0.15, 0.2) is 0 Å². The van der Waals surface area contributed by atoms with Crippen molar-refractivity contribution in [1.82, 2.24) is 14.9 Å². The number of carbonyl (C=O) groups excluding carboxylic acids is 1. The van der Waals surface area contributed by atoms with Crippen LogP contribution < -0.4 is 0 Å². The maximum Gasteiger partial charge on any atom is 0.275 e. The molecular formula is C16H23N3O3S. The lowest BCUT2D eigenvalue weighted by molar-refractivity contribution is -0.213. The molecule has 4 heterocycles. The molecule has 4 rings (SSSR count). The molecule has 1 amide bonds. The second-order valence-corrected chi connectivity index (χ2v) is 7.45. The molecule has 3 atom stereocenters. The van der Waals surface area contributed by atoms with Crippen LogP contribution in [0, 0.1) is 0 Å². The molecule has 126 valence electrons. The van der Waals surface area contributed by atoms with Crippen molar-refractivity contribution in [3.63, 3.8) is 0 Å². The highest BCUT2D eigenvalue weighted by atomic mass is 32.1. The highest BCUT2D eigenvalue weighted by Crippen LogP contribution is 2.33. The molecule has 1 aromatic rings. The van der Waals surface area contributed by atoms with E-state index >= 15 is 0 Å². The van der Waals surface area contributed by atoms with Gasteiger partial charge in [0.25, 0.3) is 5.91 Å². The third-order valence-electron chi connectivity index (χ3n) is 5.01. The third kappa shape index (κ3) is 3.28. The quantitative estimate of drug-likeness (QED) is 0.842. The second kappa shape index (κ2) is 6.84. The smallest absolute Gasteiger partial charge is 0.275 e. The number of hydroxylamine groups is 2. The fourth-order valence-electron chi connectivity index (χ4n) is 3.83. The number of ether oxygens (including phenoxy) is 1. The van der Waals surface area contributed by atoms with E-state index in [0.717, 1.165) is 50.2 Å². The lowest BCUT2D eigenvalue weighted by atomic mass is 9.98. The number of likely N-dealkylation sites (tertiary alicyclic amines) is 1. The van der Waals surface area contributed by atoms with Crippen molar-refractivity contribution < 1.29 is 14.4 Å². The Morgan fingerprint density at radius 1 is 1.30 bits per heavy atom. The minimum atomic E-state index is -0.325. The van der Waals surface area contributed by atoms with Crippen molar-refractivity contribution in [3.05, 3.63) is 16.6 Å². The van der Waals surface area contributed by atoms with Crippen LogP contribution in [-0.4, -0.2) is 58.8 Å². The average molecular weight is 337 g/mol. The van der Waals surface area contributed by atoms with Crippen LogP contribution >= 0.6 is 11.3 Å². The summed E-state index contributed by atoms with van der Waals surface area (Å²) in [6, 6.07) is 0.422. The number of thiazole rings is 1. The average Bonchev–Trinajstić information content (AvgIpc) is 3.25. The van der Waals surface area contributed by atoms with Crippen molar-refractivity contribution >= 4 is 17.2 Å². The van der Waals surface area contributed by atoms with Gasteiger partial charge in [-0.25, -0.2) is 10.0 Å². The summed E-state index contributed by atoms with van der Waals surface area (Å²) < 4.78 is 6.14. The molecule has 0 spiro atoms. The Hall–Kier alpha value is -1.02. The summed E-state index contributed by atoms with van der Waals surface area (Å²) in [7, 11) is 0. The zero-order chi connectivity index (χ0) is 15.6. The minimum Gasteiger partial charge on any atom is -0.363 e. The van der Waals surface area contributed by atoms with Crippen molar-refractivity contribution in [1.29, 1.82) is 0 Å². The first-order valence-electron chi connectivity index (χ1n) is 8.53. The molecule has 3 aliphatic heterocycles.